The summed E-state index contributed by atoms with van der Waals surface area (Å²) in [5.74, 6) is -0.0484. The molecule has 0 aliphatic carbocycles. The van der Waals surface area contributed by atoms with Gasteiger partial charge in [-0.1, -0.05) is 17.7 Å². The van der Waals surface area contributed by atoms with Gasteiger partial charge >= 0.3 is 0 Å². The van der Waals surface area contributed by atoms with Crippen LogP contribution < -0.4 is 5.73 Å². The van der Waals surface area contributed by atoms with E-state index in [0.29, 0.717) is 10.7 Å². The molecule has 1 amide bonds. The molecule has 3 rings (SSSR count). The molecule has 7 heteroatoms. The zero-order chi connectivity index (χ0) is 16.4. The molecule has 130 valence electrons. The Morgan fingerprint density at radius 3 is 2.88 bits per heavy atom. The molecule has 2 N–H and O–H groups in total. The maximum Gasteiger partial charge on any atom is 0.274 e. The minimum atomic E-state index is -0.0484. The molecule has 1 aliphatic rings. The average Bonchev–Trinajstić information content (AvgIpc) is 3.04. The summed E-state index contributed by atoms with van der Waals surface area (Å²) in [5.41, 5.74) is 7.33. The Hall–Kier alpha value is -1.56. The molecule has 1 saturated heterocycles. The van der Waals surface area contributed by atoms with Gasteiger partial charge in [0.15, 0.2) is 5.69 Å². The van der Waals surface area contributed by atoms with Crippen LogP contribution in [0.4, 0.5) is 0 Å². The number of aromatic nitrogens is 2. The molecule has 1 aromatic heterocycles. The second kappa shape index (κ2) is 8.01. The molecule has 0 spiro atoms. The van der Waals surface area contributed by atoms with Crippen molar-refractivity contribution < 1.29 is 4.79 Å². The Morgan fingerprint density at radius 1 is 1.38 bits per heavy atom. The van der Waals surface area contributed by atoms with Gasteiger partial charge in [-0.2, -0.15) is 5.10 Å². The molecule has 2 atom stereocenters. The number of halogens is 2. The van der Waals surface area contributed by atoms with Crippen LogP contribution in [0.25, 0.3) is 5.69 Å². The number of rotatable bonds is 3. The highest BCUT2D eigenvalue weighted by atomic mass is 35.5. The maximum atomic E-state index is 12.8. The van der Waals surface area contributed by atoms with Crippen LogP contribution >= 0.6 is 24.0 Å². The van der Waals surface area contributed by atoms with Crippen molar-refractivity contribution in [2.45, 2.75) is 38.3 Å². The fourth-order valence-electron chi connectivity index (χ4n) is 3.10. The van der Waals surface area contributed by atoms with E-state index in [1.165, 1.54) is 0 Å². The zero-order valence-electron chi connectivity index (χ0n) is 13.6. The molecule has 1 fully saturated rings. The van der Waals surface area contributed by atoms with Crippen LogP contribution in [0, 0.1) is 0 Å². The van der Waals surface area contributed by atoms with Gasteiger partial charge < -0.3 is 10.6 Å². The lowest BCUT2D eigenvalue weighted by molar-refractivity contribution is 0.0577. The number of likely N-dealkylation sites (tertiary alicyclic amines) is 1. The van der Waals surface area contributed by atoms with E-state index in [-0.39, 0.29) is 30.4 Å². The van der Waals surface area contributed by atoms with Crippen LogP contribution in [0.2, 0.25) is 5.02 Å². The summed E-state index contributed by atoms with van der Waals surface area (Å²) in [4.78, 5) is 14.7. The van der Waals surface area contributed by atoms with Crippen LogP contribution in [-0.4, -0.2) is 39.2 Å². The Labute approximate surface area is 153 Å². The van der Waals surface area contributed by atoms with Crippen LogP contribution in [0.15, 0.2) is 36.5 Å². The van der Waals surface area contributed by atoms with Crippen molar-refractivity contribution in [2.24, 2.45) is 5.73 Å². The highest BCUT2D eigenvalue weighted by molar-refractivity contribution is 6.30. The van der Waals surface area contributed by atoms with E-state index >= 15 is 0 Å². The van der Waals surface area contributed by atoms with Gasteiger partial charge in [-0.25, -0.2) is 4.68 Å². The summed E-state index contributed by atoms with van der Waals surface area (Å²) >= 11 is 6.01. The molecular formula is C17H22Cl2N4O. The first kappa shape index (κ1) is 18.8. The highest BCUT2D eigenvalue weighted by Gasteiger charge is 2.30. The Morgan fingerprint density at radius 2 is 2.17 bits per heavy atom. The minimum absolute atomic E-state index is 0. The first-order chi connectivity index (χ1) is 11.1. The topological polar surface area (TPSA) is 64.2 Å². The van der Waals surface area contributed by atoms with Gasteiger partial charge in [0, 0.05) is 29.8 Å². The lowest BCUT2D eigenvalue weighted by atomic mass is 9.96. The van der Waals surface area contributed by atoms with Crippen molar-refractivity contribution in [3.05, 3.63) is 47.2 Å². The van der Waals surface area contributed by atoms with Gasteiger partial charge in [-0.05, 0) is 50.5 Å². The van der Waals surface area contributed by atoms with Crippen molar-refractivity contribution in [3.63, 3.8) is 0 Å². The van der Waals surface area contributed by atoms with Crippen molar-refractivity contribution >= 4 is 29.9 Å². The van der Waals surface area contributed by atoms with E-state index in [1.54, 1.807) is 16.9 Å². The van der Waals surface area contributed by atoms with Gasteiger partial charge in [0.2, 0.25) is 0 Å². The fraction of sp³-hybridized carbons (Fsp3) is 0.412. The second-order valence-corrected chi connectivity index (χ2v) is 6.48. The highest BCUT2D eigenvalue weighted by Crippen LogP contribution is 2.21. The largest absolute Gasteiger partial charge is 0.333 e. The first-order valence-electron chi connectivity index (χ1n) is 7.94. The van der Waals surface area contributed by atoms with Crippen molar-refractivity contribution in [2.75, 3.05) is 6.54 Å². The molecule has 2 unspecified atom stereocenters. The van der Waals surface area contributed by atoms with E-state index in [9.17, 15) is 4.79 Å². The van der Waals surface area contributed by atoms with Crippen molar-refractivity contribution in [1.29, 1.82) is 0 Å². The average molecular weight is 369 g/mol. The maximum absolute atomic E-state index is 12.8. The summed E-state index contributed by atoms with van der Waals surface area (Å²) < 4.78 is 1.67. The molecule has 0 bridgehead atoms. The summed E-state index contributed by atoms with van der Waals surface area (Å²) in [6, 6.07) is 9.18. The molecule has 2 aromatic rings. The molecule has 0 radical (unpaired) electrons. The van der Waals surface area contributed by atoms with Crippen LogP contribution in [0.1, 0.15) is 36.7 Å². The van der Waals surface area contributed by atoms with E-state index in [4.69, 9.17) is 17.3 Å². The standard InChI is InChI=1S/C17H21ClN4O.ClH/c1-12(19)16-7-2-3-9-21(16)17(23)15-8-10-22(20-15)14-6-4-5-13(18)11-14;/h4-6,8,10-12,16H,2-3,7,9,19H2,1H3;1H. The fourth-order valence-corrected chi connectivity index (χ4v) is 3.29. The van der Waals surface area contributed by atoms with Crippen molar-refractivity contribution in [1.82, 2.24) is 14.7 Å². The number of benzene rings is 1. The number of amides is 1. The quantitative estimate of drug-likeness (QED) is 0.903. The summed E-state index contributed by atoms with van der Waals surface area (Å²) in [6.45, 7) is 2.70. The molecular weight excluding hydrogens is 347 g/mol. The van der Waals surface area contributed by atoms with E-state index in [1.807, 2.05) is 36.1 Å². The van der Waals surface area contributed by atoms with Gasteiger partial charge in [-0.3, -0.25) is 4.79 Å². The Kier molecular flexibility index (Phi) is 6.27. The van der Waals surface area contributed by atoms with Crippen LogP contribution in [-0.2, 0) is 0 Å². The molecule has 2 heterocycles. The van der Waals surface area contributed by atoms with E-state index < -0.39 is 0 Å². The SMILES string of the molecule is CC(N)C1CCCCN1C(=O)c1ccn(-c2cccc(Cl)c2)n1.Cl. The summed E-state index contributed by atoms with van der Waals surface area (Å²) in [5, 5.41) is 5.05. The van der Waals surface area contributed by atoms with Crippen molar-refractivity contribution in [3.8, 4) is 5.69 Å². The summed E-state index contributed by atoms with van der Waals surface area (Å²) in [6.07, 6.45) is 4.87. The van der Waals surface area contributed by atoms with E-state index in [0.717, 1.165) is 31.5 Å². The Bertz CT molecular complexity index is 701. The minimum Gasteiger partial charge on any atom is -0.333 e. The number of hydrogen-bond donors (Lipinski definition) is 1. The number of nitrogens with zero attached hydrogens (tertiary/aromatic N) is 3. The molecule has 1 aromatic carbocycles. The first-order valence-corrected chi connectivity index (χ1v) is 8.32. The predicted molar refractivity (Wildman–Crippen MR) is 98.1 cm³/mol. The lowest BCUT2D eigenvalue weighted by Crippen LogP contribution is -2.51. The third-order valence-electron chi connectivity index (χ3n) is 4.30. The van der Waals surface area contributed by atoms with Gasteiger partial charge in [-0.15, -0.1) is 12.4 Å². The molecule has 5 nitrogen and oxygen atoms in total. The monoisotopic (exact) mass is 368 g/mol. The van der Waals surface area contributed by atoms with E-state index in [2.05, 4.69) is 5.10 Å². The predicted octanol–water partition coefficient (Wildman–Crippen LogP) is 3.29. The van der Waals surface area contributed by atoms with Gasteiger partial charge in [0.1, 0.15) is 0 Å². The molecule has 1 aliphatic heterocycles. The number of carbonyl (C=O) groups excluding carboxylic acids is 1. The number of piperidine rings is 1. The second-order valence-electron chi connectivity index (χ2n) is 6.05. The lowest BCUT2D eigenvalue weighted by Gasteiger charge is -2.37. The van der Waals surface area contributed by atoms with Crippen LogP contribution in [0.3, 0.4) is 0 Å². The molecule has 0 saturated carbocycles. The smallest absolute Gasteiger partial charge is 0.274 e. The molecule has 24 heavy (non-hydrogen) atoms. The van der Waals surface area contributed by atoms with Gasteiger partial charge in [0.05, 0.1) is 5.69 Å². The third-order valence-corrected chi connectivity index (χ3v) is 4.53. The Balaban J connectivity index is 0.00000208. The number of carbonyl (C=O) groups is 1. The van der Waals surface area contributed by atoms with Crippen LogP contribution in [0.5, 0.6) is 0 Å². The van der Waals surface area contributed by atoms with Gasteiger partial charge in [0.25, 0.3) is 5.91 Å². The zero-order valence-corrected chi connectivity index (χ0v) is 15.1. The summed E-state index contributed by atoms with van der Waals surface area (Å²) in [7, 11) is 0. The normalized spacial score (nSPS) is 18.8. The third kappa shape index (κ3) is 3.91. The number of nitrogens with two attached hydrogens (primary N) is 1. The number of hydrogen-bond acceptors (Lipinski definition) is 3.